The molecule has 1 aliphatic carbocycles. The molecule has 156 valence electrons. The van der Waals surface area contributed by atoms with Crippen LogP contribution in [-0.2, 0) is 17.6 Å². The molecule has 0 aliphatic heterocycles. The number of nitrogens with zero attached hydrogens (tertiary/aromatic N) is 3. The van der Waals surface area contributed by atoms with E-state index in [2.05, 4.69) is 22.2 Å². The topological polar surface area (TPSA) is 84.4 Å². The molecule has 2 amide bonds. The van der Waals surface area contributed by atoms with Crippen LogP contribution in [0.5, 0.6) is 5.88 Å². The number of carbonyl (C=O) groups excluding carboxylic acids is 2. The predicted octanol–water partition coefficient (Wildman–Crippen LogP) is 3.54. The van der Waals surface area contributed by atoms with Gasteiger partial charge in [-0.2, -0.15) is 0 Å². The fourth-order valence-corrected chi connectivity index (χ4v) is 4.98. The number of aryl methyl sites for hydroxylation is 1. The Morgan fingerprint density at radius 3 is 2.73 bits per heavy atom. The van der Waals surface area contributed by atoms with E-state index in [1.54, 1.807) is 49.7 Å². The van der Waals surface area contributed by atoms with Gasteiger partial charge in [0, 0.05) is 30.2 Å². The van der Waals surface area contributed by atoms with E-state index in [9.17, 15) is 9.59 Å². The van der Waals surface area contributed by atoms with Gasteiger partial charge >= 0.3 is 0 Å². The molecule has 0 bridgehead atoms. The maximum Gasteiger partial charge on any atom is 0.262 e. The van der Waals surface area contributed by atoms with Crippen molar-refractivity contribution in [2.24, 2.45) is 5.92 Å². The number of carbonyl (C=O) groups is 2. The van der Waals surface area contributed by atoms with Crippen molar-refractivity contribution < 1.29 is 14.3 Å². The summed E-state index contributed by atoms with van der Waals surface area (Å²) in [7, 11) is 3.40. The molecular formula is C22H24N4O3S. The largest absolute Gasteiger partial charge is 0.467 e. The van der Waals surface area contributed by atoms with E-state index in [1.807, 2.05) is 0 Å². The first kappa shape index (κ1) is 20.3. The lowest BCUT2D eigenvalue weighted by Crippen LogP contribution is -2.22. The van der Waals surface area contributed by atoms with Gasteiger partial charge in [-0.25, -0.2) is 9.97 Å². The number of amides is 2. The molecule has 8 heteroatoms. The van der Waals surface area contributed by atoms with E-state index in [0.717, 1.165) is 29.5 Å². The quantitative estimate of drug-likeness (QED) is 0.677. The van der Waals surface area contributed by atoms with Crippen LogP contribution in [0, 0.1) is 5.92 Å². The van der Waals surface area contributed by atoms with Gasteiger partial charge in [0.15, 0.2) is 6.61 Å². The van der Waals surface area contributed by atoms with Crippen molar-refractivity contribution in [3.63, 3.8) is 0 Å². The van der Waals surface area contributed by atoms with Crippen molar-refractivity contribution in [2.45, 2.75) is 26.2 Å². The Bertz CT molecular complexity index is 1090. The summed E-state index contributed by atoms with van der Waals surface area (Å²) in [6, 6.07) is 6.78. The molecule has 7 nitrogen and oxygen atoms in total. The van der Waals surface area contributed by atoms with Crippen LogP contribution in [-0.4, -0.2) is 47.4 Å². The molecular weight excluding hydrogens is 400 g/mol. The van der Waals surface area contributed by atoms with Gasteiger partial charge in [0.1, 0.15) is 11.2 Å². The number of fused-ring (bicyclic) bond motifs is 3. The summed E-state index contributed by atoms with van der Waals surface area (Å²) in [5.41, 5.74) is 2.44. The maximum absolute atomic E-state index is 12.4. The minimum absolute atomic E-state index is 0.0857. The Hall–Kier alpha value is -3.00. The van der Waals surface area contributed by atoms with E-state index in [1.165, 1.54) is 21.7 Å². The minimum atomic E-state index is -0.286. The smallest absolute Gasteiger partial charge is 0.262 e. The lowest BCUT2D eigenvalue weighted by molar-refractivity contribution is -0.118. The Morgan fingerprint density at radius 2 is 2.00 bits per heavy atom. The number of benzene rings is 1. The van der Waals surface area contributed by atoms with Gasteiger partial charge in [0.25, 0.3) is 11.8 Å². The van der Waals surface area contributed by atoms with Crippen LogP contribution in [0.1, 0.15) is 34.1 Å². The van der Waals surface area contributed by atoms with Gasteiger partial charge in [-0.15, -0.1) is 11.3 Å². The average Bonchev–Trinajstić information content (AvgIpc) is 3.10. The third kappa shape index (κ3) is 4.14. The first-order valence-electron chi connectivity index (χ1n) is 9.92. The summed E-state index contributed by atoms with van der Waals surface area (Å²) in [5, 5.41) is 3.74. The number of nitrogens with one attached hydrogen (secondary N) is 1. The molecule has 2 heterocycles. The zero-order chi connectivity index (χ0) is 21.3. The van der Waals surface area contributed by atoms with E-state index >= 15 is 0 Å². The number of hydrogen-bond acceptors (Lipinski definition) is 6. The van der Waals surface area contributed by atoms with Crippen LogP contribution in [0.25, 0.3) is 10.2 Å². The molecule has 3 aromatic rings. The third-order valence-corrected chi connectivity index (χ3v) is 6.38. The fraction of sp³-hybridized carbons (Fsp3) is 0.364. The van der Waals surface area contributed by atoms with Crippen molar-refractivity contribution in [1.82, 2.24) is 14.9 Å². The number of rotatable bonds is 5. The number of ether oxygens (including phenoxy) is 1. The normalized spacial score (nSPS) is 15.5. The lowest BCUT2D eigenvalue weighted by Gasteiger charge is -2.18. The van der Waals surface area contributed by atoms with Gasteiger partial charge in [-0.05, 0) is 55.0 Å². The van der Waals surface area contributed by atoms with Crippen molar-refractivity contribution in [3.05, 3.63) is 46.6 Å². The Morgan fingerprint density at radius 1 is 1.23 bits per heavy atom. The number of aromatic nitrogens is 2. The van der Waals surface area contributed by atoms with Crippen LogP contribution in [0.15, 0.2) is 30.6 Å². The lowest BCUT2D eigenvalue weighted by atomic mass is 9.89. The molecule has 0 radical (unpaired) electrons. The monoisotopic (exact) mass is 424 g/mol. The van der Waals surface area contributed by atoms with Gasteiger partial charge in [-0.1, -0.05) is 6.92 Å². The number of anilines is 1. The first-order valence-corrected chi connectivity index (χ1v) is 10.7. The highest BCUT2D eigenvalue weighted by atomic mass is 32.1. The molecule has 4 rings (SSSR count). The molecule has 0 fully saturated rings. The Labute approximate surface area is 179 Å². The van der Waals surface area contributed by atoms with Crippen molar-refractivity contribution in [2.75, 3.05) is 26.0 Å². The standard InChI is InChI=1S/C22H24N4O3S/c1-13-4-9-16-17(10-13)30-21-19(16)20(23-12-24-21)29-11-18(27)25-15-7-5-14(6-8-15)22(28)26(2)3/h5-8,12-13H,4,9-11H2,1-3H3,(H,25,27). The highest BCUT2D eigenvalue weighted by Crippen LogP contribution is 2.40. The predicted molar refractivity (Wildman–Crippen MR) is 117 cm³/mol. The minimum Gasteiger partial charge on any atom is -0.467 e. The molecule has 0 saturated carbocycles. The molecule has 1 unspecified atom stereocenters. The van der Waals surface area contributed by atoms with Crippen molar-refractivity contribution in [3.8, 4) is 5.88 Å². The van der Waals surface area contributed by atoms with Crippen LogP contribution >= 0.6 is 11.3 Å². The Kier molecular flexibility index (Phi) is 5.67. The summed E-state index contributed by atoms with van der Waals surface area (Å²) >= 11 is 1.70. The molecule has 2 aromatic heterocycles. The summed E-state index contributed by atoms with van der Waals surface area (Å²) in [6.45, 7) is 2.12. The molecule has 0 spiro atoms. The molecule has 1 aromatic carbocycles. The van der Waals surface area contributed by atoms with E-state index in [4.69, 9.17) is 4.74 Å². The van der Waals surface area contributed by atoms with Crippen LogP contribution < -0.4 is 10.1 Å². The van der Waals surface area contributed by atoms with Crippen molar-refractivity contribution >= 4 is 39.1 Å². The maximum atomic E-state index is 12.4. The first-order chi connectivity index (χ1) is 14.4. The molecule has 30 heavy (non-hydrogen) atoms. The molecule has 1 atom stereocenters. The highest BCUT2D eigenvalue weighted by molar-refractivity contribution is 7.18. The van der Waals surface area contributed by atoms with Crippen LogP contribution in [0.3, 0.4) is 0 Å². The second-order valence-electron chi connectivity index (χ2n) is 7.82. The second kappa shape index (κ2) is 8.39. The van der Waals surface area contributed by atoms with Gasteiger partial charge in [0.05, 0.1) is 5.39 Å². The zero-order valence-electron chi connectivity index (χ0n) is 17.3. The summed E-state index contributed by atoms with van der Waals surface area (Å²) < 4.78 is 5.78. The third-order valence-electron chi connectivity index (χ3n) is 5.22. The van der Waals surface area contributed by atoms with E-state index in [-0.39, 0.29) is 18.4 Å². The van der Waals surface area contributed by atoms with E-state index in [0.29, 0.717) is 23.0 Å². The summed E-state index contributed by atoms with van der Waals surface area (Å²) in [4.78, 5) is 36.8. The highest BCUT2D eigenvalue weighted by Gasteiger charge is 2.24. The summed E-state index contributed by atoms with van der Waals surface area (Å²) in [6.07, 6.45) is 4.68. The van der Waals surface area contributed by atoms with E-state index < -0.39 is 0 Å². The molecule has 0 saturated heterocycles. The molecule has 1 N–H and O–H groups in total. The molecule has 1 aliphatic rings. The number of hydrogen-bond donors (Lipinski definition) is 1. The van der Waals surface area contributed by atoms with Crippen molar-refractivity contribution in [1.29, 1.82) is 0 Å². The van der Waals surface area contributed by atoms with Crippen LogP contribution in [0.4, 0.5) is 5.69 Å². The van der Waals surface area contributed by atoms with Gasteiger partial charge in [0.2, 0.25) is 5.88 Å². The summed E-state index contributed by atoms with van der Waals surface area (Å²) in [5.74, 6) is 0.769. The Balaban J connectivity index is 1.43. The number of thiophene rings is 1. The fourth-order valence-electron chi connectivity index (χ4n) is 3.64. The zero-order valence-corrected chi connectivity index (χ0v) is 18.1. The second-order valence-corrected chi connectivity index (χ2v) is 8.91. The van der Waals surface area contributed by atoms with Gasteiger partial charge in [-0.3, -0.25) is 9.59 Å². The van der Waals surface area contributed by atoms with Gasteiger partial charge < -0.3 is 15.0 Å². The average molecular weight is 425 g/mol. The SMILES string of the molecule is CC1CCc2c(sc3ncnc(OCC(=O)Nc4ccc(C(=O)N(C)C)cc4)c23)C1. The van der Waals surface area contributed by atoms with Crippen LogP contribution in [0.2, 0.25) is 0 Å².